The van der Waals surface area contributed by atoms with Crippen molar-refractivity contribution in [2.45, 2.75) is 32.7 Å². The summed E-state index contributed by atoms with van der Waals surface area (Å²) in [5, 5.41) is 0.920. The quantitative estimate of drug-likeness (QED) is 0.771. The Bertz CT molecular complexity index is 1030. The lowest BCUT2D eigenvalue weighted by Crippen LogP contribution is -2.30. The highest BCUT2D eigenvalue weighted by Crippen LogP contribution is 2.34. The number of rotatable bonds is 3. The van der Waals surface area contributed by atoms with Crippen LogP contribution >= 0.6 is 11.3 Å². The van der Waals surface area contributed by atoms with Crippen LogP contribution in [-0.4, -0.2) is 33.5 Å². The lowest BCUT2D eigenvalue weighted by Gasteiger charge is -2.28. The number of amides is 1. The zero-order valence-corrected chi connectivity index (χ0v) is 14.8. The van der Waals surface area contributed by atoms with Crippen molar-refractivity contribution in [2.24, 2.45) is 5.73 Å². The molecule has 0 spiro atoms. The van der Waals surface area contributed by atoms with Crippen molar-refractivity contribution >= 4 is 43.5 Å². The topological polar surface area (TPSA) is 94.1 Å². The number of carbonyl (C=O) groups excluding carboxylic acids is 1. The van der Waals surface area contributed by atoms with Crippen LogP contribution in [0.1, 0.15) is 24.8 Å². The van der Waals surface area contributed by atoms with Gasteiger partial charge in [0, 0.05) is 18.5 Å². The van der Waals surface area contributed by atoms with Crippen molar-refractivity contribution < 1.29 is 4.79 Å². The Hall–Kier alpha value is -2.48. The molecule has 1 fully saturated rings. The summed E-state index contributed by atoms with van der Waals surface area (Å²) in [7, 11) is 0. The monoisotopic (exact) mass is 357 g/mol. The van der Waals surface area contributed by atoms with E-state index < -0.39 is 5.91 Å². The normalized spacial score (nSPS) is 15.2. The molecule has 130 valence electrons. The van der Waals surface area contributed by atoms with Gasteiger partial charge in [0.05, 0.1) is 11.8 Å². The lowest BCUT2D eigenvalue weighted by molar-refractivity contribution is -0.118. The first-order valence-corrected chi connectivity index (χ1v) is 9.19. The number of carbonyl (C=O) groups is 1. The molecule has 8 heteroatoms. The number of thiophene rings is 1. The van der Waals surface area contributed by atoms with Gasteiger partial charge in [0.2, 0.25) is 5.91 Å². The van der Waals surface area contributed by atoms with Crippen molar-refractivity contribution in [3.63, 3.8) is 0 Å². The summed E-state index contributed by atoms with van der Waals surface area (Å²) in [6, 6.07) is 2.08. The number of nitrogens with two attached hydrogens (primary N) is 1. The minimum Gasteiger partial charge on any atom is -0.368 e. The Morgan fingerprint density at radius 3 is 2.80 bits per heavy atom. The third-order valence-electron chi connectivity index (χ3n) is 4.61. The van der Waals surface area contributed by atoms with Crippen molar-refractivity contribution in [3.8, 4) is 0 Å². The number of pyridine rings is 1. The predicted octanol–water partition coefficient (Wildman–Crippen LogP) is 1.79. The summed E-state index contributed by atoms with van der Waals surface area (Å²) < 4.78 is 1.77. The van der Waals surface area contributed by atoms with E-state index in [1.165, 1.54) is 41.5 Å². The Labute approximate surface area is 148 Å². The summed E-state index contributed by atoms with van der Waals surface area (Å²) >= 11 is 1.34. The van der Waals surface area contributed by atoms with Crippen LogP contribution < -0.4 is 16.2 Å². The maximum atomic E-state index is 12.6. The van der Waals surface area contributed by atoms with Crippen LogP contribution in [0, 0.1) is 6.92 Å². The maximum absolute atomic E-state index is 12.6. The van der Waals surface area contributed by atoms with Gasteiger partial charge in [-0.05, 0) is 37.8 Å². The second-order valence-electron chi connectivity index (χ2n) is 6.45. The van der Waals surface area contributed by atoms with Gasteiger partial charge < -0.3 is 10.6 Å². The second-order valence-corrected chi connectivity index (χ2v) is 7.45. The highest BCUT2D eigenvalue weighted by molar-refractivity contribution is 7.25. The molecular formula is C17H19N5O2S. The fourth-order valence-corrected chi connectivity index (χ4v) is 4.54. The number of aromatic nitrogens is 3. The van der Waals surface area contributed by atoms with Crippen molar-refractivity contribution in [2.75, 3.05) is 18.0 Å². The molecule has 0 unspecified atom stereocenters. The highest BCUT2D eigenvalue weighted by atomic mass is 32.1. The van der Waals surface area contributed by atoms with Gasteiger partial charge >= 0.3 is 0 Å². The van der Waals surface area contributed by atoms with E-state index in [1.807, 2.05) is 6.92 Å². The number of hydrogen-bond acceptors (Lipinski definition) is 6. The van der Waals surface area contributed by atoms with Gasteiger partial charge in [0.1, 0.15) is 21.9 Å². The maximum Gasteiger partial charge on any atom is 0.271 e. The smallest absolute Gasteiger partial charge is 0.271 e. The number of aryl methyl sites for hydroxylation is 1. The first kappa shape index (κ1) is 16.0. The predicted molar refractivity (Wildman–Crippen MR) is 99.2 cm³/mol. The van der Waals surface area contributed by atoms with Crippen LogP contribution in [0.4, 0.5) is 5.82 Å². The van der Waals surface area contributed by atoms with Gasteiger partial charge in [-0.2, -0.15) is 0 Å². The first-order chi connectivity index (χ1) is 12.0. The Balaban J connectivity index is 1.89. The molecule has 0 aromatic carbocycles. The molecular weight excluding hydrogens is 338 g/mol. The summed E-state index contributed by atoms with van der Waals surface area (Å²) in [5.74, 6) is 0.403. The SMILES string of the molecule is Cc1cc(N2CCCCC2)nc2sc3c(=O)n(CC(N)=O)cnc3c12. The average molecular weight is 357 g/mol. The van der Waals surface area contributed by atoms with Crippen molar-refractivity contribution in [1.29, 1.82) is 0 Å². The molecule has 0 saturated carbocycles. The molecule has 25 heavy (non-hydrogen) atoms. The van der Waals surface area contributed by atoms with Gasteiger partial charge in [0.25, 0.3) is 5.56 Å². The molecule has 4 rings (SSSR count). The van der Waals surface area contributed by atoms with E-state index in [0.717, 1.165) is 34.7 Å². The minimum atomic E-state index is -0.564. The van der Waals surface area contributed by atoms with Crippen LogP contribution in [0.25, 0.3) is 20.4 Å². The lowest BCUT2D eigenvalue weighted by atomic mass is 10.1. The average Bonchev–Trinajstić information content (AvgIpc) is 2.98. The first-order valence-electron chi connectivity index (χ1n) is 8.37. The molecule has 4 heterocycles. The van der Waals surface area contributed by atoms with E-state index in [-0.39, 0.29) is 12.1 Å². The van der Waals surface area contributed by atoms with Crippen LogP contribution in [0.2, 0.25) is 0 Å². The molecule has 1 aliphatic rings. The van der Waals surface area contributed by atoms with Crippen LogP contribution in [0.5, 0.6) is 0 Å². The Morgan fingerprint density at radius 2 is 2.08 bits per heavy atom. The third-order valence-corrected chi connectivity index (χ3v) is 5.67. The highest BCUT2D eigenvalue weighted by Gasteiger charge is 2.18. The second kappa shape index (κ2) is 6.11. The molecule has 1 saturated heterocycles. The standard InChI is InChI=1S/C17H19N5O2S/c1-10-7-12(21-5-3-2-4-6-21)20-16-13(10)14-15(25-16)17(24)22(9-19-14)8-11(18)23/h7,9H,2-6,8H2,1H3,(H2,18,23). The summed E-state index contributed by atoms with van der Waals surface area (Å²) in [6.45, 7) is 3.90. The number of fused-ring (bicyclic) bond motifs is 3. The molecule has 3 aromatic rings. The van der Waals surface area contributed by atoms with E-state index in [4.69, 9.17) is 10.7 Å². The number of primary amides is 1. The van der Waals surface area contributed by atoms with E-state index in [9.17, 15) is 9.59 Å². The zero-order valence-electron chi connectivity index (χ0n) is 14.0. The molecule has 0 aliphatic carbocycles. The molecule has 7 nitrogen and oxygen atoms in total. The van der Waals surface area contributed by atoms with E-state index in [0.29, 0.717) is 10.2 Å². The summed E-state index contributed by atoms with van der Waals surface area (Å²) in [6.07, 6.45) is 5.03. The van der Waals surface area contributed by atoms with Gasteiger partial charge in [-0.15, -0.1) is 11.3 Å². The summed E-state index contributed by atoms with van der Waals surface area (Å²) in [4.78, 5) is 36.1. The number of hydrogen-bond donors (Lipinski definition) is 1. The van der Waals surface area contributed by atoms with Crippen LogP contribution in [0.15, 0.2) is 17.2 Å². The van der Waals surface area contributed by atoms with Gasteiger partial charge in [-0.1, -0.05) is 0 Å². The fourth-order valence-electron chi connectivity index (χ4n) is 3.39. The fraction of sp³-hybridized carbons (Fsp3) is 0.412. The molecule has 3 aromatic heterocycles. The summed E-state index contributed by atoms with van der Waals surface area (Å²) in [5.41, 5.74) is 6.67. The van der Waals surface area contributed by atoms with Gasteiger partial charge in [-0.3, -0.25) is 14.2 Å². The van der Waals surface area contributed by atoms with Crippen molar-refractivity contribution in [3.05, 3.63) is 28.3 Å². The molecule has 1 aliphatic heterocycles. The van der Waals surface area contributed by atoms with Crippen molar-refractivity contribution in [1.82, 2.24) is 14.5 Å². The van der Waals surface area contributed by atoms with Crippen LogP contribution in [-0.2, 0) is 11.3 Å². The Kier molecular flexibility index (Phi) is 3.91. The van der Waals surface area contributed by atoms with Crippen LogP contribution in [0.3, 0.4) is 0 Å². The molecule has 0 atom stereocenters. The van der Waals surface area contributed by atoms with E-state index >= 15 is 0 Å². The van der Waals surface area contributed by atoms with E-state index in [1.54, 1.807) is 0 Å². The third kappa shape index (κ3) is 2.76. The number of anilines is 1. The zero-order chi connectivity index (χ0) is 17.6. The molecule has 0 radical (unpaired) electrons. The molecule has 0 bridgehead atoms. The molecule has 2 N–H and O–H groups in total. The number of piperidine rings is 1. The van der Waals surface area contributed by atoms with E-state index in [2.05, 4.69) is 16.0 Å². The largest absolute Gasteiger partial charge is 0.368 e. The molecule has 1 amide bonds. The minimum absolute atomic E-state index is 0.165. The van der Waals surface area contributed by atoms with Gasteiger partial charge in [-0.25, -0.2) is 9.97 Å². The van der Waals surface area contributed by atoms with Gasteiger partial charge in [0.15, 0.2) is 0 Å². The Morgan fingerprint density at radius 1 is 1.32 bits per heavy atom. The number of nitrogens with zero attached hydrogens (tertiary/aromatic N) is 4.